The Hall–Kier alpha value is -1.03. The first-order valence-electron chi connectivity index (χ1n) is 6.02. The first-order chi connectivity index (χ1) is 9.15. The summed E-state index contributed by atoms with van der Waals surface area (Å²) in [5.41, 5.74) is 6.94. The average Bonchev–Trinajstić information content (AvgIpc) is 2.42. The van der Waals surface area contributed by atoms with E-state index in [9.17, 15) is 4.39 Å². The molecule has 0 saturated carbocycles. The molecule has 0 bridgehead atoms. The fraction of sp³-hybridized carbons (Fsp3) is 0.200. The number of rotatable bonds is 5. The van der Waals surface area contributed by atoms with Gasteiger partial charge in [0.1, 0.15) is 5.82 Å². The minimum atomic E-state index is -0.387. The van der Waals surface area contributed by atoms with E-state index in [1.165, 1.54) is 11.0 Å². The van der Waals surface area contributed by atoms with Crippen LogP contribution in [0.3, 0.4) is 0 Å². The maximum absolute atomic E-state index is 13.3. The zero-order valence-electron chi connectivity index (χ0n) is 10.4. The predicted octanol–water partition coefficient (Wildman–Crippen LogP) is 4.14. The van der Waals surface area contributed by atoms with Gasteiger partial charge in [0.15, 0.2) is 0 Å². The molecule has 1 atom stereocenters. The van der Waals surface area contributed by atoms with Crippen LogP contribution >= 0.6 is 23.4 Å². The number of nitrogens with two attached hydrogens (primary N) is 1. The standard InChI is InChI=1S/C15H15ClFNS/c16-14-7-6-11(9-15(14)17)8-12(18)10-19-13-4-2-1-3-5-13/h1-7,9,12H,8,10,18H2. The zero-order valence-corrected chi connectivity index (χ0v) is 11.9. The van der Waals surface area contributed by atoms with Crippen LogP contribution in [0.2, 0.25) is 5.02 Å². The highest BCUT2D eigenvalue weighted by Gasteiger charge is 2.07. The molecule has 0 fully saturated rings. The number of hydrogen-bond acceptors (Lipinski definition) is 2. The molecule has 4 heteroatoms. The molecule has 0 heterocycles. The van der Waals surface area contributed by atoms with Crippen LogP contribution in [0.25, 0.3) is 0 Å². The van der Waals surface area contributed by atoms with Crippen molar-refractivity contribution in [2.24, 2.45) is 5.73 Å². The molecule has 1 unspecified atom stereocenters. The van der Waals surface area contributed by atoms with Gasteiger partial charge in [-0.05, 0) is 36.2 Å². The molecule has 2 aromatic carbocycles. The largest absolute Gasteiger partial charge is 0.327 e. The molecule has 19 heavy (non-hydrogen) atoms. The molecule has 2 N–H and O–H groups in total. The molecule has 0 aliphatic carbocycles. The molecule has 0 aliphatic heterocycles. The van der Waals surface area contributed by atoms with Crippen molar-refractivity contribution in [2.45, 2.75) is 17.4 Å². The summed E-state index contributed by atoms with van der Waals surface area (Å²) in [5.74, 6) is 0.413. The van der Waals surface area contributed by atoms with Gasteiger partial charge in [-0.25, -0.2) is 4.39 Å². The molecule has 0 spiro atoms. The van der Waals surface area contributed by atoms with Gasteiger partial charge in [0.2, 0.25) is 0 Å². The second kappa shape index (κ2) is 6.94. The van der Waals surface area contributed by atoms with Gasteiger partial charge in [0.25, 0.3) is 0 Å². The van der Waals surface area contributed by atoms with Crippen molar-refractivity contribution >= 4 is 23.4 Å². The molecule has 2 aromatic rings. The first-order valence-corrected chi connectivity index (χ1v) is 7.39. The second-order valence-electron chi connectivity index (χ2n) is 4.34. The summed E-state index contributed by atoms with van der Waals surface area (Å²) >= 11 is 7.36. The van der Waals surface area contributed by atoms with E-state index < -0.39 is 0 Å². The van der Waals surface area contributed by atoms with Gasteiger partial charge in [-0.3, -0.25) is 0 Å². The zero-order chi connectivity index (χ0) is 13.7. The van der Waals surface area contributed by atoms with Crippen molar-refractivity contribution in [3.05, 3.63) is 64.9 Å². The van der Waals surface area contributed by atoms with E-state index >= 15 is 0 Å². The summed E-state index contributed by atoms with van der Waals surface area (Å²) < 4.78 is 13.3. The highest BCUT2D eigenvalue weighted by Crippen LogP contribution is 2.20. The summed E-state index contributed by atoms with van der Waals surface area (Å²) in [6.07, 6.45) is 0.647. The highest BCUT2D eigenvalue weighted by molar-refractivity contribution is 7.99. The first kappa shape index (κ1) is 14.4. The van der Waals surface area contributed by atoms with Gasteiger partial charge in [-0.2, -0.15) is 0 Å². The molecule has 0 aromatic heterocycles. The second-order valence-corrected chi connectivity index (χ2v) is 5.84. The fourth-order valence-corrected chi connectivity index (χ4v) is 2.74. The SMILES string of the molecule is NC(CSc1ccccc1)Cc1ccc(Cl)c(F)c1. The lowest BCUT2D eigenvalue weighted by Gasteiger charge is -2.11. The average molecular weight is 296 g/mol. The topological polar surface area (TPSA) is 26.0 Å². The summed E-state index contributed by atoms with van der Waals surface area (Å²) in [6, 6.07) is 14.9. The molecule has 1 nitrogen and oxygen atoms in total. The Balaban J connectivity index is 1.87. The number of benzene rings is 2. The van der Waals surface area contributed by atoms with Crippen molar-refractivity contribution < 1.29 is 4.39 Å². The van der Waals surface area contributed by atoms with Crippen LogP contribution in [-0.4, -0.2) is 11.8 Å². The van der Waals surface area contributed by atoms with E-state index in [4.69, 9.17) is 17.3 Å². The van der Waals surface area contributed by atoms with E-state index in [0.29, 0.717) is 6.42 Å². The van der Waals surface area contributed by atoms with E-state index in [2.05, 4.69) is 12.1 Å². The Kier molecular flexibility index (Phi) is 5.25. The minimum absolute atomic E-state index is 0.00854. The summed E-state index contributed by atoms with van der Waals surface area (Å²) in [7, 11) is 0. The van der Waals surface area contributed by atoms with Crippen LogP contribution in [0.1, 0.15) is 5.56 Å². The van der Waals surface area contributed by atoms with E-state index in [1.807, 2.05) is 24.3 Å². The Morgan fingerprint density at radius 2 is 1.89 bits per heavy atom. The van der Waals surface area contributed by atoms with Crippen molar-refractivity contribution in [1.29, 1.82) is 0 Å². The Bertz CT molecular complexity index is 533. The number of thioether (sulfide) groups is 1. The van der Waals surface area contributed by atoms with Gasteiger partial charge in [-0.15, -0.1) is 11.8 Å². The van der Waals surface area contributed by atoms with Crippen molar-refractivity contribution in [2.75, 3.05) is 5.75 Å². The van der Waals surface area contributed by atoms with Crippen LogP contribution in [0.5, 0.6) is 0 Å². The van der Waals surface area contributed by atoms with Crippen LogP contribution in [-0.2, 0) is 6.42 Å². The third kappa shape index (κ3) is 4.53. The Morgan fingerprint density at radius 1 is 1.16 bits per heavy atom. The van der Waals surface area contributed by atoms with Crippen LogP contribution < -0.4 is 5.73 Å². The maximum atomic E-state index is 13.3. The molecule has 0 aliphatic rings. The predicted molar refractivity (Wildman–Crippen MR) is 80.3 cm³/mol. The maximum Gasteiger partial charge on any atom is 0.142 e. The van der Waals surface area contributed by atoms with Crippen LogP contribution in [0, 0.1) is 5.82 Å². The normalized spacial score (nSPS) is 12.4. The lowest BCUT2D eigenvalue weighted by atomic mass is 10.1. The molecule has 100 valence electrons. The van der Waals surface area contributed by atoms with Gasteiger partial charge in [0, 0.05) is 16.7 Å². The lowest BCUT2D eigenvalue weighted by Crippen LogP contribution is -2.25. The quantitative estimate of drug-likeness (QED) is 0.839. The van der Waals surface area contributed by atoms with Gasteiger partial charge < -0.3 is 5.73 Å². The van der Waals surface area contributed by atoms with Crippen LogP contribution in [0.4, 0.5) is 4.39 Å². The van der Waals surface area contributed by atoms with Gasteiger partial charge in [0.05, 0.1) is 5.02 Å². The molecular formula is C15H15ClFNS. The number of halogens is 2. The Labute approximate surface area is 122 Å². The highest BCUT2D eigenvalue weighted by atomic mass is 35.5. The molecule has 2 rings (SSSR count). The van der Waals surface area contributed by atoms with Crippen molar-refractivity contribution in [3.8, 4) is 0 Å². The Morgan fingerprint density at radius 3 is 2.58 bits per heavy atom. The van der Waals surface area contributed by atoms with Crippen LogP contribution in [0.15, 0.2) is 53.4 Å². The van der Waals surface area contributed by atoms with Gasteiger partial charge >= 0.3 is 0 Å². The smallest absolute Gasteiger partial charge is 0.142 e. The summed E-state index contributed by atoms with van der Waals surface area (Å²) in [4.78, 5) is 1.19. The van der Waals surface area contributed by atoms with E-state index in [-0.39, 0.29) is 16.9 Å². The minimum Gasteiger partial charge on any atom is -0.327 e. The molecular weight excluding hydrogens is 281 g/mol. The summed E-state index contributed by atoms with van der Waals surface area (Å²) in [5, 5.41) is 0.149. The summed E-state index contributed by atoms with van der Waals surface area (Å²) in [6.45, 7) is 0. The monoisotopic (exact) mass is 295 g/mol. The van der Waals surface area contributed by atoms with Crippen molar-refractivity contribution in [1.82, 2.24) is 0 Å². The lowest BCUT2D eigenvalue weighted by molar-refractivity contribution is 0.623. The number of hydrogen-bond donors (Lipinski definition) is 1. The third-order valence-electron chi connectivity index (χ3n) is 2.69. The van der Waals surface area contributed by atoms with E-state index in [1.54, 1.807) is 17.8 Å². The third-order valence-corrected chi connectivity index (χ3v) is 4.20. The molecule has 0 amide bonds. The van der Waals surface area contributed by atoms with Gasteiger partial charge in [-0.1, -0.05) is 35.9 Å². The molecule has 0 radical (unpaired) electrons. The fourth-order valence-electron chi connectivity index (χ4n) is 1.75. The molecule has 0 saturated heterocycles. The van der Waals surface area contributed by atoms with Crippen molar-refractivity contribution in [3.63, 3.8) is 0 Å². The van der Waals surface area contributed by atoms with E-state index in [0.717, 1.165) is 11.3 Å².